The minimum absolute atomic E-state index is 0.0446. The summed E-state index contributed by atoms with van der Waals surface area (Å²) in [5.74, 6) is -0.712. The third-order valence-corrected chi connectivity index (χ3v) is 5.63. The third-order valence-electron chi connectivity index (χ3n) is 4.61. The van der Waals surface area contributed by atoms with E-state index in [1.54, 1.807) is 4.90 Å². The molecule has 0 aromatic carbocycles. The van der Waals surface area contributed by atoms with E-state index in [4.69, 9.17) is 4.78 Å². The summed E-state index contributed by atoms with van der Waals surface area (Å²) < 4.78 is 59.0. The molecule has 2 N–H and O–H groups in total. The van der Waals surface area contributed by atoms with Crippen molar-refractivity contribution in [1.82, 2.24) is 15.2 Å². The van der Waals surface area contributed by atoms with Crippen molar-refractivity contribution in [1.29, 1.82) is 4.78 Å². The Bertz CT molecular complexity index is 1030. The molecule has 0 bridgehead atoms. The number of rotatable bonds is 4. The Hall–Kier alpha value is -2.76. The van der Waals surface area contributed by atoms with Gasteiger partial charge in [0.2, 0.25) is 0 Å². The molecule has 3 rings (SSSR count). The average molecular weight is 442 g/mol. The molecule has 2 aromatic rings. The van der Waals surface area contributed by atoms with Crippen LogP contribution in [0.3, 0.4) is 0 Å². The molecule has 12 heteroatoms. The maximum atomic E-state index is 13.2. The molecule has 0 saturated carbocycles. The van der Waals surface area contributed by atoms with E-state index < -0.39 is 27.5 Å². The first-order valence-electron chi connectivity index (χ1n) is 9.27. The highest BCUT2D eigenvalue weighted by molar-refractivity contribution is 7.91. The molecule has 162 valence electrons. The maximum Gasteiger partial charge on any atom is 0.435 e. The van der Waals surface area contributed by atoms with Crippen LogP contribution in [0, 0.1) is 4.78 Å². The molecule has 1 unspecified atom stereocenters. The first-order chi connectivity index (χ1) is 14.1. The van der Waals surface area contributed by atoms with E-state index in [-0.39, 0.29) is 22.1 Å². The number of pyridine rings is 1. The standard InChI is InChI=1S/C18H21F3N6O2S/c1-30(22,29)15-10-12(6-7-23-15)24-17(28)13-11-14(18(19,20)21)25-26-16(13)27-8-4-2-3-5-9-27/h6-7,10-11,22H,2-5,8-9H2,1H3,(H,23,24,28). The van der Waals surface area contributed by atoms with E-state index in [1.807, 2.05) is 0 Å². The van der Waals surface area contributed by atoms with Gasteiger partial charge in [-0.1, -0.05) is 12.8 Å². The second-order valence-corrected chi connectivity index (χ2v) is 9.15. The summed E-state index contributed by atoms with van der Waals surface area (Å²) in [4.78, 5) is 18.5. The Morgan fingerprint density at radius 3 is 2.43 bits per heavy atom. The highest BCUT2D eigenvalue weighted by Gasteiger charge is 2.35. The van der Waals surface area contributed by atoms with Gasteiger partial charge in [-0.2, -0.15) is 13.2 Å². The summed E-state index contributed by atoms with van der Waals surface area (Å²) in [7, 11) is -3.12. The molecular weight excluding hydrogens is 421 g/mol. The van der Waals surface area contributed by atoms with Gasteiger partial charge < -0.3 is 10.2 Å². The van der Waals surface area contributed by atoms with Gasteiger partial charge in [0.25, 0.3) is 5.91 Å². The quantitative estimate of drug-likeness (QED) is 0.749. The lowest BCUT2D eigenvalue weighted by atomic mass is 10.2. The smallest absolute Gasteiger partial charge is 0.354 e. The monoisotopic (exact) mass is 442 g/mol. The Balaban J connectivity index is 1.98. The number of nitrogens with one attached hydrogen (secondary N) is 2. The fourth-order valence-electron chi connectivity index (χ4n) is 3.11. The second kappa shape index (κ2) is 8.54. The van der Waals surface area contributed by atoms with Gasteiger partial charge in [-0.15, -0.1) is 10.2 Å². The Morgan fingerprint density at radius 1 is 1.17 bits per heavy atom. The highest BCUT2D eigenvalue weighted by Crippen LogP contribution is 2.31. The van der Waals surface area contributed by atoms with Gasteiger partial charge in [0.15, 0.2) is 11.5 Å². The number of hydrogen-bond donors (Lipinski definition) is 2. The summed E-state index contributed by atoms with van der Waals surface area (Å²) in [6.07, 6.45) is 1.37. The van der Waals surface area contributed by atoms with Crippen molar-refractivity contribution in [2.45, 2.75) is 36.9 Å². The van der Waals surface area contributed by atoms with Crippen molar-refractivity contribution < 1.29 is 22.2 Å². The summed E-state index contributed by atoms with van der Waals surface area (Å²) in [6, 6.07) is 3.35. The fourth-order valence-corrected chi connectivity index (χ4v) is 3.72. The van der Waals surface area contributed by atoms with Crippen LogP contribution in [0.5, 0.6) is 0 Å². The van der Waals surface area contributed by atoms with Gasteiger partial charge in [0.1, 0.15) is 5.03 Å². The van der Waals surface area contributed by atoms with Crippen LogP contribution in [0.4, 0.5) is 24.7 Å². The number of carbonyl (C=O) groups is 1. The number of carbonyl (C=O) groups excluding carboxylic acids is 1. The first kappa shape index (κ1) is 21.9. The van der Waals surface area contributed by atoms with Gasteiger partial charge in [0.05, 0.1) is 15.3 Å². The Labute approximate surface area is 171 Å². The molecule has 1 aliphatic rings. The van der Waals surface area contributed by atoms with Crippen LogP contribution >= 0.6 is 0 Å². The zero-order valence-electron chi connectivity index (χ0n) is 16.2. The normalized spacial score (nSPS) is 17.1. The number of alkyl halides is 3. The molecule has 0 spiro atoms. The summed E-state index contributed by atoms with van der Waals surface area (Å²) in [5, 5.41) is 9.47. The summed E-state index contributed by atoms with van der Waals surface area (Å²) >= 11 is 0. The summed E-state index contributed by atoms with van der Waals surface area (Å²) in [6.45, 7) is 1.13. The first-order valence-corrected chi connectivity index (χ1v) is 11.2. The molecule has 0 aliphatic carbocycles. The predicted octanol–water partition coefficient (Wildman–Crippen LogP) is 3.56. The van der Waals surface area contributed by atoms with Gasteiger partial charge >= 0.3 is 6.18 Å². The van der Waals surface area contributed by atoms with E-state index in [1.165, 1.54) is 24.6 Å². The second-order valence-electron chi connectivity index (χ2n) is 7.05. The Morgan fingerprint density at radius 2 is 1.83 bits per heavy atom. The molecule has 1 aliphatic heterocycles. The molecule has 8 nitrogen and oxygen atoms in total. The average Bonchev–Trinajstić information content (AvgIpc) is 2.96. The lowest BCUT2D eigenvalue weighted by Gasteiger charge is -2.23. The number of aromatic nitrogens is 3. The fraction of sp³-hybridized carbons (Fsp3) is 0.444. The van der Waals surface area contributed by atoms with E-state index in [0.29, 0.717) is 19.2 Å². The molecule has 1 amide bonds. The molecule has 2 aromatic heterocycles. The molecule has 1 fully saturated rings. The van der Waals surface area contributed by atoms with Crippen LogP contribution in [-0.2, 0) is 15.9 Å². The van der Waals surface area contributed by atoms with Crippen molar-refractivity contribution >= 4 is 27.1 Å². The molecule has 1 atom stereocenters. The molecule has 1 saturated heterocycles. The zero-order valence-corrected chi connectivity index (χ0v) is 17.0. The van der Waals surface area contributed by atoms with Crippen molar-refractivity contribution in [3.8, 4) is 0 Å². The van der Waals surface area contributed by atoms with E-state index in [9.17, 15) is 22.2 Å². The third kappa shape index (κ3) is 5.23. The molecule has 30 heavy (non-hydrogen) atoms. The SMILES string of the molecule is CS(=N)(=O)c1cc(NC(=O)c2cc(C(F)(F)F)nnc2N2CCCCCC2)ccn1. The van der Waals surface area contributed by atoms with Crippen LogP contribution in [0.1, 0.15) is 41.7 Å². The molecule has 0 radical (unpaired) electrons. The van der Waals surface area contributed by atoms with Gasteiger partial charge in [0, 0.05) is 31.2 Å². The van der Waals surface area contributed by atoms with Crippen LogP contribution in [-0.4, -0.2) is 44.6 Å². The highest BCUT2D eigenvalue weighted by atomic mass is 32.2. The number of nitrogens with zero attached hydrogens (tertiary/aromatic N) is 4. The van der Waals surface area contributed by atoms with Crippen LogP contribution in [0.15, 0.2) is 29.4 Å². The minimum Gasteiger partial charge on any atom is -0.354 e. The van der Waals surface area contributed by atoms with Gasteiger partial charge in [-0.25, -0.2) is 14.0 Å². The van der Waals surface area contributed by atoms with E-state index in [0.717, 1.165) is 25.7 Å². The number of amides is 1. The zero-order chi connectivity index (χ0) is 21.9. The lowest BCUT2D eigenvalue weighted by molar-refractivity contribution is -0.141. The lowest BCUT2D eigenvalue weighted by Crippen LogP contribution is -2.29. The summed E-state index contributed by atoms with van der Waals surface area (Å²) in [5.41, 5.74) is -1.34. The van der Waals surface area contributed by atoms with Crippen LogP contribution < -0.4 is 10.2 Å². The topological polar surface area (TPSA) is 112 Å². The van der Waals surface area contributed by atoms with E-state index in [2.05, 4.69) is 20.5 Å². The Kier molecular flexibility index (Phi) is 6.25. The van der Waals surface area contributed by atoms with Crippen molar-refractivity contribution in [2.24, 2.45) is 0 Å². The maximum absolute atomic E-state index is 13.2. The number of hydrogen-bond acceptors (Lipinski definition) is 7. The van der Waals surface area contributed by atoms with Gasteiger partial charge in [-0.3, -0.25) is 4.79 Å². The van der Waals surface area contributed by atoms with Crippen molar-refractivity contribution in [2.75, 3.05) is 29.6 Å². The molecule has 3 heterocycles. The number of halogens is 3. The van der Waals surface area contributed by atoms with Crippen molar-refractivity contribution in [3.05, 3.63) is 35.7 Å². The predicted molar refractivity (Wildman–Crippen MR) is 105 cm³/mol. The van der Waals surface area contributed by atoms with Gasteiger partial charge in [-0.05, 0) is 31.0 Å². The minimum atomic E-state index is -4.75. The van der Waals surface area contributed by atoms with Crippen LogP contribution in [0.2, 0.25) is 0 Å². The van der Waals surface area contributed by atoms with E-state index >= 15 is 0 Å². The number of anilines is 2. The van der Waals surface area contributed by atoms with Crippen LogP contribution in [0.25, 0.3) is 0 Å². The van der Waals surface area contributed by atoms with Crippen molar-refractivity contribution in [3.63, 3.8) is 0 Å². The molecular formula is C18H21F3N6O2S. The largest absolute Gasteiger partial charge is 0.435 e.